The monoisotopic (exact) mass is 284 g/mol. The predicted molar refractivity (Wildman–Crippen MR) is 81.3 cm³/mol. The minimum absolute atomic E-state index is 0.0253. The average Bonchev–Trinajstić information content (AvgIpc) is 2.93. The van der Waals surface area contributed by atoms with Crippen molar-refractivity contribution in [2.45, 2.75) is 25.8 Å². The first-order chi connectivity index (χ1) is 10.1. The van der Waals surface area contributed by atoms with Gasteiger partial charge in [0, 0.05) is 11.9 Å². The van der Waals surface area contributed by atoms with Gasteiger partial charge in [-0.2, -0.15) is 0 Å². The van der Waals surface area contributed by atoms with Gasteiger partial charge in [0.25, 0.3) is 5.91 Å². The van der Waals surface area contributed by atoms with Crippen LogP contribution < -0.4 is 10.6 Å². The predicted octanol–water partition coefficient (Wildman–Crippen LogP) is 1.40. The molecule has 2 aromatic rings. The molecule has 1 radical (unpaired) electrons. The molecule has 1 aromatic carbocycles. The third-order valence-electron chi connectivity index (χ3n) is 4.11. The lowest BCUT2D eigenvalue weighted by molar-refractivity contribution is 0.0999. The standard InChI is InChI=1S/C16H18N3O2/c1-10-14(16(17)21)15(19-8-4-5-11(19)9-20)12-6-2-3-7-13(12)18-10/h2,6-7,11,20H,4-5,8-9H2,1H3,(H2,17,21). The minimum atomic E-state index is -0.478. The van der Waals surface area contributed by atoms with E-state index in [1.807, 2.05) is 6.07 Å². The molecule has 0 bridgehead atoms. The zero-order valence-corrected chi connectivity index (χ0v) is 12.0. The number of benzene rings is 1. The Kier molecular flexibility index (Phi) is 3.51. The number of aliphatic hydroxyl groups excluding tert-OH is 1. The number of aliphatic hydroxyl groups is 1. The molecule has 1 atom stereocenters. The minimum Gasteiger partial charge on any atom is -0.394 e. The highest BCUT2D eigenvalue weighted by Crippen LogP contribution is 2.35. The van der Waals surface area contributed by atoms with Crippen LogP contribution in [0.25, 0.3) is 10.9 Å². The highest BCUT2D eigenvalue weighted by atomic mass is 16.3. The molecular weight excluding hydrogens is 266 g/mol. The third-order valence-corrected chi connectivity index (χ3v) is 4.11. The maximum Gasteiger partial charge on any atom is 0.252 e. The number of carbonyl (C=O) groups excluding carboxylic acids is 1. The summed E-state index contributed by atoms with van der Waals surface area (Å²) in [6.07, 6.45) is 1.90. The average molecular weight is 284 g/mol. The summed E-state index contributed by atoms with van der Waals surface area (Å²) in [6, 6.07) is 8.54. The first-order valence-corrected chi connectivity index (χ1v) is 7.11. The van der Waals surface area contributed by atoms with E-state index in [9.17, 15) is 9.90 Å². The highest BCUT2D eigenvalue weighted by Gasteiger charge is 2.29. The number of fused-ring (bicyclic) bond motifs is 1. The van der Waals surface area contributed by atoms with Gasteiger partial charge in [-0.15, -0.1) is 0 Å². The van der Waals surface area contributed by atoms with E-state index < -0.39 is 5.91 Å². The maximum absolute atomic E-state index is 11.9. The molecule has 3 N–H and O–H groups in total. The topological polar surface area (TPSA) is 79.4 Å². The number of rotatable bonds is 3. The second kappa shape index (κ2) is 5.33. The summed E-state index contributed by atoms with van der Waals surface area (Å²) >= 11 is 0. The highest BCUT2D eigenvalue weighted by molar-refractivity contribution is 6.08. The fourth-order valence-corrected chi connectivity index (χ4v) is 3.17. The van der Waals surface area contributed by atoms with Crippen molar-refractivity contribution in [1.82, 2.24) is 4.98 Å². The van der Waals surface area contributed by atoms with E-state index in [1.54, 1.807) is 19.1 Å². The van der Waals surface area contributed by atoms with Crippen LogP contribution in [0, 0.1) is 13.0 Å². The first-order valence-electron chi connectivity index (χ1n) is 7.11. The van der Waals surface area contributed by atoms with Gasteiger partial charge >= 0.3 is 0 Å². The van der Waals surface area contributed by atoms with Crippen LogP contribution in [0.2, 0.25) is 0 Å². The van der Waals surface area contributed by atoms with Gasteiger partial charge in [-0.3, -0.25) is 9.78 Å². The Morgan fingerprint density at radius 1 is 1.62 bits per heavy atom. The van der Waals surface area contributed by atoms with E-state index in [2.05, 4.69) is 16.0 Å². The Morgan fingerprint density at radius 3 is 3.14 bits per heavy atom. The molecule has 1 aliphatic rings. The molecule has 0 aliphatic carbocycles. The van der Waals surface area contributed by atoms with Gasteiger partial charge in [0.1, 0.15) is 0 Å². The number of hydrogen-bond acceptors (Lipinski definition) is 4. The summed E-state index contributed by atoms with van der Waals surface area (Å²) in [5, 5.41) is 10.5. The van der Waals surface area contributed by atoms with Crippen LogP contribution in [0.3, 0.4) is 0 Å². The lowest BCUT2D eigenvalue weighted by Gasteiger charge is -2.28. The molecule has 5 heteroatoms. The number of pyridine rings is 1. The summed E-state index contributed by atoms with van der Waals surface area (Å²) in [5.41, 5.74) is 8.25. The summed E-state index contributed by atoms with van der Waals surface area (Å²) in [7, 11) is 0. The van der Waals surface area contributed by atoms with Crippen LogP contribution in [0.4, 0.5) is 5.69 Å². The number of hydrogen-bond donors (Lipinski definition) is 2. The lowest BCUT2D eigenvalue weighted by atomic mass is 10.0. The molecule has 109 valence electrons. The van der Waals surface area contributed by atoms with E-state index in [4.69, 9.17) is 5.73 Å². The number of amides is 1. The summed E-state index contributed by atoms with van der Waals surface area (Å²) < 4.78 is 0. The zero-order chi connectivity index (χ0) is 15.0. The van der Waals surface area contributed by atoms with Crippen molar-refractivity contribution in [3.05, 3.63) is 35.5 Å². The van der Waals surface area contributed by atoms with Crippen molar-refractivity contribution in [3.63, 3.8) is 0 Å². The summed E-state index contributed by atoms with van der Waals surface area (Å²) in [6.45, 7) is 2.67. The van der Waals surface area contributed by atoms with Gasteiger partial charge < -0.3 is 15.7 Å². The Morgan fingerprint density at radius 2 is 2.43 bits per heavy atom. The Hall–Kier alpha value is -2.14. The van der Waals surface area contributed by atoms with Crippen molar-refractivity contribution < 1.29 is 9.90 Å². The molecule has 21 heavy (non-hydrogen) atoms. The van der Waals surface area contributed by atoms with E-state index in [-0.39, 0.29) is 12.6 Å². The molecule has 2 heterocycles. The summed E-state index contributed by atoms with van der Waals surface area (Å²) in [5.74, 6) is -0.478. The van der Waals surface area contributed by atoms with Gasteiger partial charge in [-0.05, 0) is 31.9 Å². The van der Waals surface area contributed by atoms with Crippen LogP contribution >= 0.6 is 0 Å². The Bertz CT molecular complexity index is 699. The SMILES string of the molecule is Cc1nc2c[c]ccc2c(N2CCCC2CO)c1C(N)=O. The molecule has 1 unspecified atom stereocenters. The van der Waals surface area contributed by atoms with E-state index in [0.717, 1.165) is 36.0 Å². The molecule has 1 saturated heterocycles. The van der Waals surface area contributed by atoms with Gasteiger partial charge in [0.15, 0.2) is 0 Å². The van der Waals surface area contributed by atoms with Crippen LogP contribution in [0.15, 0.2) is 18.2 Å². The van der Waals surface area contributed by atoms with E-state index >= 15 is 0 Å². The van der Waals surface area contributed by atoms with Crippen molar-refractivity contribution in [1.29, 1.82) is 0 Å². The molecular formula is C16H18N3O2. The van der Waals surface area contributed by atoms with Crippen molar-refractivity contribution in [2.75, 3.05) is 18.1 Å². The maximum atomic E-state index is 11.9. The number of carbonyl (C=O) groups is 1. The smallest absolute Gasteiger partial charge is 0.252 e. The van der Waals surface area contributed by atoms with Gasteiger partial charge in [0.2, 0.25) is 0 Å². The summed E-state index contributed by atoms with van der Waals surface area (Å²) in [4.78, 5) is 18.5. The number of nitrogens with two attached hydrogens (primary N) is 1. The number of nitrogens with zero attached hydrogens (tertiary/aromatic N) is 2. The molecule has 3 rings (SSSR count). The molecule has 1 aliphatic heterocycles. The molecule has 1 aromatic heterocycles. The third kappa shape index (κ3) is 2.23. The number of anilines is 1. The largest absolute Gasteiger partial charge is 0.394 e. The normalized spacial score (nSPS) is 18.4. The quantitative estimate of drug-likeness (QED) is 0.893. The molecule has 0 spiro atoms. The lowest BCUT2D eigenvalue weighted by Crippen LogP contribution is -2.34. The molecule has 5 nitrogen and oxygen atoms in total. The van der Waals surface area contributed by atoms with Crippen LogP contribution in [0.5, 0.6) is 0 Å². The molecule has 0 saturated carbocycles. The van der Waals surface area contributed by atoms with Crippen LogP contribution in [0.1, 0.15) is 28.9 Å². The molecule has 1 fully saturated rings. The second-order valence-corrected chi connectivity index (χ2v) is 5.40. The van der Waals surface area contributed by atoms with Crippen LogP contribution in [-0.2, 0) is 0 Å². The second-order valence-electron chi connectivity index (χ2n) is 5.40. The van der Waals surface area contributed by atoms with E-state index in [1.165, 1.54) is 0 Å². The number of primary amides is 1. The van der Waals surface area contributed by atoms with Gasteiger partial charge in [-0.1, -0.05) is 12.1 Å². The van der Waals surface area contributed by atoms with Crippen molar-refractivity contribution in [3.8, 4) is 0 Å². The zero-order valence-electron chi connectivity index (χ0n) is 12.0. The fourth-order valence-electron chi connectivity index (χ4n) is 3.17. The van der Waals surface area contributed by atoms with Crippen molar-refractivity contribution >= 4 is 22.5 Å². The Labute approximate surface area is 123 Å². The van der Waals surface area contributed by atoms with Gasteiger partial charge in [0.05, 0.1) is 35.1 Å². The van der Waals surface area contributed by atoms with E-state index in [0.29, 0.717) is 11.3 Å². The van der Waals surface area contributed by atoms with Crippen molar-refractivity contribution in [2.24, 2.45) is 5.73 Å². The fraction of sp³-hybridized carbons (Fsp3) is 0.375. The van der Waals surface area contributed by atoms with Gasteiger partial charge in [-0.25, -0.2) is 0 Å². The number of aromatic nitrogens is 1. The first kappa shape index (κ1) is 13.8. The molecule has 1 amide bonds. The number of aryl methyl sites for hydroxylation is 1. The van der Waals surface area contributed by atoms with Crippen LogP contribution in [-0.4, -0.2) is 35.2 Å². The Balaban J connectivity index is 2.31.